The molecule has 0 saturated heterocycles. The first kappa shape index (κ1) is 19.4. The van der Waals surface area contributed by atoms with E-state index in [2.05, 4.69) is 46.4 Å². The van der Waals surface area contributed by atoms with Crippen molar-refractivity contribution < 1.29 is 4.79 Å². The molecule has 2 heterocycles. The maximum atomic E-state index is 12.7. The highest BCUT2D eigenvalue weighted by Crippen LogP contribution is 2.27. The normalized spacial score (nSPS) is 12.9. The van der Waals surface area contributed by atoms with E-state index in [1.807, 2.05) is 24.6 Å². The minimum atomic E-state index is -0.206. The number of nitrogens with zero attached hydrogens (tertiary/aromatic N) is 2. The molecule has 2 aromatic heterocycles. The molecular formula is C20H22N4OS2. The molecule has 140 valence electrons. The summed E-state index contributed by atoms with van der Waals surface area (Å²) >= 11 is 2.94. The number of aryl methyl sites for hydroxylation is 1. The van der Waals surface area contributed by atoms with Crippen LogP contribution in [0.4, 0.5) is 0 Å². The molecule has 7 heteroatoms. The van der Waals surface area contributed by atoms with Gasteiger partial charge in [-0.2, -0.15) is 0 Å². The average Bonchev–Trinajstić information content (AvgIpc) is 3.32. The molecule has 1 aromatic carbocycles. The molecule has 0 aliphatic heterocycles. The Morgan fingerprint density at radius 2 is 2.30 bits per heavy atom. The molecule has 1 unspecified atom stereocenters. The second-order valence-electron chi connectivity index (χ2n) is 6.00. The Hall–Kier alpha value is -2.38. The van der Waals surface area contributed by atoms with Gasteiger partial charge in [0.25, 0.3) is 5.91 Å². The number of fused-ring (bicyclic) bond motifs is 1. The Morgan fingerprint density at radius 1 is 1.48 bits per heavy atom. The minimum absolute atomic E-state index is 0.159. The first-order valence-electron chi connectivity index (χ1n) is 8.66. The molecule has 0 aliphatic carbocycles. The van der Waals surface area contributed by atoms with Crippen molar-refractivity contribution in [3.8, 4) is 0 Å². The fraction of sp³-hybridized carbons (Fsp3) is 0.250. The highest BCUT2D eigenvalue weighted by Gasteiger charge is 2.22. The number of rotatable bonds is 8. The number of carbonyl (C=O) groups excluding carboxylic acids is 1. The fourth-order valence-corrected chi connectivity index (χ4v) is 4.26. The Kier molecular flexibility index (Phi) is 6.47. The third-order valence-electron chi connectivity index (χ3n) is 4.29. The number of thioether (sulfide) groups is 1. The molecule has 1 amide bonds. The number of aliphatic imine (C=N–C) groups is 1. The van der Waals surface area contributed by atoms with E-state index in [1.165, 1.54) is 18.0 Å². The van der Waals surface area contributed by atoms with Crippen LogP contribution in [0.5, 0.6) is 0 Å². The van der Waals surface area contributed by atoms with Gasteiger partial charge in [0, 0.05) is 35.1 Å². The summed E-state index contributed by atoms with van der Waals surface area (Å²) < 4.78 is 0. The van der Waals surface area contributed by atoms with Crippen LogP contribution < -0.4 is 5.32 Å². The number of hydrogen-bond donors (Lipinski definition) is 2. The van der Waals surface area contributed by atoms with Crippen molar-refractivity contribution >= 4 is 46.6 Å². The summed E-state index contributed by atoms with van der Waals surface area (Å²) in [5.41, 5.74) is 3.29. The zero-order valence-electron chi connectivity index (χ0n) is 15.4. The monoisotopic (exact) mass is 398 g/mol. The van der Waals surface area contributed by atoms with Crippen LogP contribution >= 0.6 is 23.1 Å². The fourth-order valence-electron chi connectivity index (χ4n) is 2.88. The highest BCUT2D eigenvalue weighted by molar-refractivity contribution is 8.03. The first-order valence-corrected chi connectivity index (χ1v) is 10.8. The molecule has 2 N–H and O–H groups in total. The van der Waals surface area contributed by atoms with Gasteiger partial charge < -0.3 is 10.3 Å². The molecule has 5 nitrogen and oxygen atoms in total. The minimum Gasteiger partial charge on any atom is -0.361 e. The first-order chi connectivity index (χ1) is 13.2. The van der Waals surface area contributed by atoms with Crippen LogP contribution in [0.15, 0.2) is 51.9 Å². The number of H-pyrrole nitrogens is 1. The number of amides is 1. The molecule has 0 saturated carbocycles. The molecule has 0 fully saturated rings. The number of para-hydroxylation sites is 1. The van der Waals surface area contributed by atoms with Gasteiger partial charge in [0.1, 0.15) is 5.01 Å². The third kappa shape index (κ3) is 4.48. The van der Waals surface area contributed by atoms with Crippen molar-refractivity contribution in [3.05, 3.63) is 63.2 Å². The van der Waals surface area contributed by atoms with Crippen LogP contribution in [0.1, 0.15) is 29.2 Å². The maximum absolute atomic E-state index is 12.7. The average molecular weight is 399 g/mol. The lowest BCUT2D eigenvalue weighted by Gasteiger charge is -2.17. The lowest BCUT2D eigenvalue weighted by Crippen LogP contribution is -2.30. The molecule has 0 bridgehead atoms. The number of thiazole rings is 1. The van der Waals surface area contributed by atoms with Crippen molar-refractivity contribution in [2.24, 2.45) is 4.99 Å². The summed E-state index contributed by atoms with van der Waals surface area (Å²) in [7, 11) is 0. The summed E-state index contributed by atoms with van der Waals surface area (Å²) in [6.07, 6.45) is 6.89. The second kappa shape index (κ2) is 9.01. The topological polar surface area (TPSA) is 70.1 Å². The van der Waals surface area contributed by atoms with Gasteiger partial charge in [0.2, 0.25) is 0 Å². The van der Waals surface area contributed by atoms with Crippen LogP contribution in [0, 0.1) is 0 Å². The van der Waals surface area contributed by atoms with Gasteiger partial charge in [-0.25, -0.2) is 4.98 Å². The van der Waals surface area contributed by atoms with Crippen LogP contribution in [0.2, 0.25) is 0 Å². The summed E-state index contributed by atoms with van der Waals surface area (Å²) in [6.45, 7) is 5.52. The van der Waals surface area contributed by atoms with Gasteiger partial charge in [-0.3, -0.25) is 9.79 Å². The SMILES string of the molecule is C=N/C=C(\SC)C(=O)NC(Cc1c[nH]c2ccccc12)c1nc(CC)cs1. The highest BCUT2D eigenvalue weighted by atomic mass is 32.2. The summed E-state index contributed by atoms with van der Waals surface area (Å²) in [4.78, 5) is 25.0. The van der Waals surface area contributed by atoms with Gasteiger partial charge in [0.05, 0.1) is 16.6 Å². The Bertz CT molecular complexity index is 973. The predicted octanol–water partition coefficient (Wildman–Crippen LogP) is 4.49. The summed E-state index contributed by atoms with van der Waals surface area (Å²) in [6, 6.07) is 7.97. The van der Waals surface area contributed by atoms with Gasteiger partial charge in [-0.15, -0.1) is 23.1 Å². The van der Waals surface area contributed by atoms with Crippen molar-refractivity contribution in [2.45, 2.75) is 25.8 Å². The lowest BCUT2D eigenvalue weighted by atomic mass is 10.1. The molecule has 1 atom stereocenters. The number of aromatic nitrogens is 2. The quantitative estimate of drug-likeness (QED) is 0.434. The van der Waals surface area contributed by atoms with Crippen molar-refractivity contribution in [1.82, 2.24) is 15.3 Å². The van der Waals surface area contributed by atoms with Crippen molar-refractivity contribution in [1.29, 1.82) is 0 Å². The maximum Gasteiger partial charge on any atom is 0.259 e. The van der Waals surface area contributed by atoms with E-state index in [0.717, 1.165) is 33.6 Å². The number of carbonyl (C=O) groups is 1. The number of aromatic amines is 1. The Labute approximate surface area is 167 Å². The molecule has 3 aromatic rings. The smallest absolute Gasteiger partial charge is 0.259 e. The lowest BCUT2D eigenvalue weighted by molar-refractivity contribution is -0.117. The van der Waals surface area contributed by atoms with E-state index in [-0.39, 0.29) is 11.9 Å². The Morgan fingerprint density at radius 3 is 3.00 bits per heavy atom. The van der Waals surface area contributed by atoms with Gasteiger partial charge in [-0.1, -0.05) is 25.1 Å². The molecule has 0 aliphatic rings. The van der Waals surface area contributed by atoms with Gasteiger partial charge in [0.15, 0.2) is 0 Å². The third-order valence-corrected chi connectivity index (χ3v) is 6.02. The van der Waals surface area contributed by atoms with Crippen LogP contribution in [-0.2, 0) is 17.6 Å². The van der Waals surface area contributed by atoms with E-state index >= 15 is 0 Å². The standard InChI is InChI=1S/C20H22N4OS2/c1-4-14-12-27-20(23-14)17(24-19(25)18(26-3)11-21-2)9-13-10-22-16-8-6-5-7-15(13)16/h5-8,10-12,17,22H,2,4,9H2,1,3H3,(H,24,25)/b18-11-. The molecule has 3 rings (SSSR count). The van der Waals surface area contributed by atoms with Crippen LogP contribution in [0.3, 0.4) is 0 Å². The number of nitrogens with one attached hydrogen (secondary N) is 2. The van der Waals surface area contributed by atoms with E-state index in [0.29, 0.717) is 11.3 Å². The predicted molar refractivity (Wildman–Crippen MR) is 116 cm³/mol. The van der Waals surface area contributed by atoms with Gasteiger partial charge >= 0.3 is 0 Å². The summed E-state index contributed by atoms with van der Waals surface area (Å²) in [5, 5.41) is 7.26. The molecule has 27 heavy (non-hydrogen) atoms. The van der Waals surface area contributed by atoms with Crippen LogP contribution in [0.25, 0.3) is 10.9 Å². The number of hydrogen-bond acceptors (Lipinski definition) is 5. The Balaban J connectivity index is 1.91. The molecule has 0 spiro atoms. The molecular weight excluding hydrogens is 376 g/mol. The van der Waals surface area contributed by atoms with E-state index in [9.17, 15) is 4.79 Å². The zero-order chi connectivity index (χ0) is 19.2. The van der Waals surface area contributed by atoms with E-state index < -0.39 is 0 Å². The van der Waals surface area contributed by atoms with E-state index in [1.54, 1.807) is 11.3 Å². The van der Waals surface area contributed by atoms with E-state index in [4.69, 9.17) is 4.98 Å². The summed E-state index contributed by atoms with van der Waals surface area (Å²) in [5.74, 6) is -0.159. The molecule has 0 radical (unpaired) electrons. The van der Waals surface area contributed by atoms with Gasteiger partial charge in [-0.05, 0) is 31.0 Å². The second-order valence-corrected chi connectivity index (χ2v) is 7.74. The van der Waals surface area contributed by atoms with Crippen molar-refractivity contribution in [3.63, 3.8) is 0 Å². The largest absolute Gasteiger partial charge is 0.361 e. The number of benzene rings is 1. The van der Waals surface area contributed by atoms with Crippen LogP contribution in [-0.4, -0.2) is 28.8 Å². The van der Waals surface area contributed by atoms with Crippen molar-refractivity contribution in [2.75, 3.05) is 6.26 Å². The zero-order valence-corrected chi connectivity index (χ0v) is 17.0.